The molecule has 0 aliphatic heterocycles. The lowest BCUT2D eigenvalue weighted by Gasteiger charge is -2.07. The summed E-state index contributed by atoms with van der Waals surface area (Å²) < 4.78 is 13.8. The largest absolute Gasteiger partial charge is 0.399 e. The number of nitrogen functional groups attached to an aromatic ring is 1. The van der Waals surface area contributed by atoms with Crippen LogP contribution < -0.4 is 5.73 Å². The van der Waals surface area contributed by atoms with E-state index in [-0.39, 0.29) is 10.6 Å². The Hall–Kier alpha value is -1.87. The summed E-state index contributed by atoms with van der Waals surface area (Å²) >= 11 is 5.66. The first-order chi connectivity index (χ1) is 8.50. The lowest BCUT2D eigenvalue weighted by atomic mass is 9.98. The van der Waals surface area contributed by atoms with E-state index in [2.05, 4.69) is 0 Å². The minimum atomic E-state index is -0.694. The molecule has 0 saturated carbocycles. The zero-order valence-corrected chi connectivity index (χ0v) is 10.5. The maximum absolute atomic E-state index is 13.8. The Morgan fingerprint density at radius 3 is 2.61 bits per heavy atom. The molecule has 92 valence electrons. The van der Waals surface area contributed by atoms with E-state index in [0.29, 0.717) is 16.8 Å². The lowest BCUT2D eigenvalue weighted by Crippen LogP contribution is -2.07. The van der Waals surface area contributed by atoms with E-state index in [1.165, 1.54) is 12.1 Å². The molecular weight excluding hydrogens is 253 g/mol. The van der Waals surface area contributed by atoms with Gasteiger partial charge in [0.2, 0.25) is 0 Å². The Morgan fingerprint density at radius 1 is 1.22 bits per heavy atom. The highest BCUT2D eigenvalue weighted by Crippen LogP contribution is 2.22. The highest BCUT2D eigenvalue weighted by Gasteiger charge is 2.17. The fraction of sp³-hybridized carbons (Fsp3) is 0.0714. The average molecular weight is 264 g/mol. The summed E-state index contributed by atoms with van der Waals surface area (Å²) in [4.78, 5) is 12.2. The second kappa shape index (κ2) is 4.78. The highest BCUT2D eigenvalue weighted by atomic mass is 35.5. The molecule has 0 amide bonds. The summed E-state index contributed by atoms with van der Waals surface area (Å²) in [7, 11) is 0. The summed E-state index contributed by atoms with van der Waals surface area (Å²) in [5.74, 6) is -1.09. The molecule has 0 aromatic heterocycles. The quantitative estimate of drug-likeness (QED) is 0.664. The Bertz CT molecular complexity index is 625. The van der Waals surface area contributed by atoms with Crippen molar-refractivity contribution in [1.82, 2.24) is 0 Å². The first kappa shape index (κ1) is 12.6. The Labute approximate surface area is 109 Å². The molecule has 18 heavy (non-hydrogen) atoms. The van der Waals surface area contributed by atoms with Crippen LogP contribution in [0.4, 0.5) is 10.1 Å². The van der Waals surface area contributed by atoms with Gasteiger partial charge in [-0.3, -0.25) is 4.79 Å². The van der Waals surface area contributed by atoms with Crippen molar-refractivity contribution in [3.8, 4) is 0 Å². The van der Waals surface area contributed by atoms with Crippen LogP contribution in [0.3, 0.4) is 0 Å². The number of anilines is 1. The van der Waals surface area contributed by atoms with E-state index >= 15 is 0 Å². The van der Waals surface area contributed by atoms with Crippen molar-refractivity contribution < 1.29 is 9.18 Å². The van der Waals surface area contributed by atoms with Crippen molar-refractivity contribution in [2.45, 2.75) is 6.92 Å². The van der Waals surface area contributed by atoms with Gasteiger partial charge in [0.15, 0.2) is 11.6 Å². The number of carbonyl (C=O) groups excluding carboxylic acids is 1. The van der Waals surface area contributed by atoms with Gasteiger partial charge < -0.3 is 5.73 Å². The van der Waals surface area contributed by atoms with Gasteiger partial charge >= 0.3 is 0 Å². The minimum absolute atomic E-state index is 0.0321. The van der Waals surface area contributed by atoms with Gasteiger partial charge in [0, 0.05) is 11.3 Å². The number of benzene rings is 2. The standard InChI is InChI=1S/C14H11ClFNO/c1-8-7-9(17)5-6-10(8)14(18)11-3-2-4-12(15)13(11)16/h2-7H,17H2,1H3. The van der Waals surface area contributed by atoms with Gasteiger partial charge in [0.1, 0.15) is 0 Å². The maximum atomic E-state index is 13.8. The van der Waals surface area contributed by atoms with Crippen molar-refractivity contribution in [3.05, 3.63) is 63.9 Å². The molecule has 0 aliphatic rings. The second-order valence-electron chi connectivity index (χ2n) is 4.00. The van der Waals surface area contributed by atoms with E-state index in [1.807, 2.05) is 0 Å². The molecule has 2 rings (SSSR count). The molecule has 0 spiro atoms. The molecule has 0 fully saturated rings. The lowest BCUT2D eigenvalue weighted by molar-refractivity contribution is 0.103. The molecule has 4 heteroatoms. The normalized spacial score (nSPS) is 10.4. The number of carbonyl (C=O) groups is 1. The van der Waals surface area contributed by atoms with Gasteiger partial charge in [-0.1, -0.05) is 17.7 Å². The first-order valence-corrected chi connectivity index (χ1v) is 5.73. The third-order valence-corrected chi connectivity index (χ3v) is 2.98. The fourth-order valence-corrected chi connectivity index (χ4v) is 1.94. The predicted octanol–water partition coefficient (Wildman–Crippen LogP) is 3.60. The number of hydrogen-bond acceptors (Lipinski definition) is 2. The molecular formula is C14H11ClFNO. The smallest absolute Gasteiger partial charge is 0.196 e. The van der Waals surface area contributed by atoms with Gasteiger partial charge in [-0.05, 0) is 42.8 Å². The van der Waals surface area contributed by atoms with Crippen LogP contribution in [0.15, 0.2) is 36.4 Å². The number of ketones is 1. The van der Waals surface area contributed by atoms with Gasteiger partial charge in [0.05, 0.1) is 10.6 Å². The van der Waals surface area contributed by atoms with Crippen molar-refractivity contribution in [2.75, 3.05) is 5.73 Å². The summed E-state index contributed by atoms with van der Waals surface area (Å²) in [6.07, 6.45) is 0. The van der Waals surface area contributed by atoms with Crippen molar-refractivity contribution in [2.24, 2.45) is 0 Å². The summed E-state index contributed by atoms with van der Waals surface area (Å²) in [5, 5.41) is -0.0612. The zero-order valence-electron chi connectivity index (χ0n) is 9.71. The second-order valence-corrected chi connectivity index (χ2v) is 4.41. The zero-order chi connectivity index (χ0) is 13.3. The van der Waals surface area contributed by atoms with E-state index < -0.39 is 11.6 Å². The molecule has 0 atom stereocenters. The van der Waals surface area contributed by atoms with Gasteiger partial charge in [0.25, 0.3) is 0 Å². The molecule has 0 aliphatic carbocycles. The molecule has 0 bridgehead atoms. The highest BCUT2D eigenvalue weighted by molar-refractivity contribution is 6.31. The van der Waals surface area contributed by atoms with Crippen LogP contribution in [-0.2, 0) is 0 Å². The Kier molecular flexibility index (Phi) is 3.34. The van der Waals surface area contributed by atoms with Crippen LogP contribution >= 0.6 is 11.6 Å². The fourth-order valence-electron chi connectivity index (χ4n) is 1.77. The maximum Gasteiger partial charge on any atom is 0.196 e. The first-order valence-electron chi connectivity index (χ1n) is 5.35. The van der Waals surface area contributed by atoms with E-state index in [9.17, 15) is 9.18 Å². The number of rotatable bonds is 2. The summed E-state index contributed by atoms with van der Waals surface area (Å²) in [6, 6.07) is 9.25. The van der Waals surface area contributed by atoms with E-state index in [0.717, 1.165) is 0 Å². The van der Waals surface area contributed by atoms with Crippen LogP contribution in [0.25, 0.3) is 0 Å². The van der Waals surface area contributed by atoms with E-state index in [4.69, 9.17) is 17.3 Å². The molecule has 0 unspecified atom stereocenters. The van der Waals surface area contributed by atoms with Crippen LogP contribution in [0.5, 0.6) is 0 Å². The number of hydrogen-bond donors (Lipinski definition) is 1. The predicted molar refractivity (Wildman–Crippen MR) is 70.4 cm³/mol. The average Bonchev–Trinajstić information content (AvgIpc) is 2.32. The monoisotopic (exact) mass is 263 g/mol. The Balaban J connectivity index is 2.51. The van der Waals surface area contributed by atoms with Gasteiger partial charge in [-0.15, -0.1) is 0 Å². The molecule has 0 radical (unpaired) electrons. The van der Waals surface area contributed by atoms with Crippen LogP contribution in [0.2, 0.25) is 5.02 Å². The molecule has 2 aromatic rings. The van der Waals surface area contributed by atoms with Crippen LogP contribution in [-0.4, -0.2) is 5.78 Å². The molecule has 2 N–H and O–H groups in total. The molecule has 0 saturated heterocycles. The minimum Gasteiger partial charge on any atom is -0.399 e. The summed E-state index contributed by atoms with van der Waals surface area (Å²) in [5.41, 5.74) is 7.28. The van der Waals surface area contributed by atoms with Crippen LogP contribution in [0, 0.1) is 12.7 Å². The Morgan fingerprint density at radius 2 is 1.94 bits per heavy atom. The number of nitrogens with two attached hydrogens (primary N) is 1. The number of halogens is 2. The molecule has 2 aromatic carbocycles. The molecule has 0 heterocycles. The van der Waals surface area contributed by atoms with E-state index in [1.54, 1.807) is 31.2 Å². The third-order valence-electron chi connectivity index (χ3n) is 2.69. The van der Waals surface area contributed by atoms with Crippen LogP contribution in [0.1, 0.15) is 21.5 Å². The van der Waals surface area contributed by atoms with Crippen molar-refractivity contribution in [1.29, 1.82) is 0 Å². The van der Waals surface area contributed by atoms with Gasteiger partial charge in [-0.25, -0.2) is 4.39 Å². The topological polar surface area (TPSA) is 43.1 Å². The van der Waals surface area contributed by atoms with Crippen molar-refractivity contribution >= 4 is 23.1 Å². The molecule has 2 nitrogen and oxygen atoms in total. The summed E-state index contributed by atoms with van der Waals surface area (Å²) in [6.45, 7) is 1.76. The van der Waals surface area contributed by atoms with Crippen molar-refractivity contribution in [3.63, 3.8) is 0 Å². The van der Waals surface area contributed by atoms with Gasteiger partial charge in [-0.2, -0.15) is 0 Å². The number of aryl methyl sites for hydroxylation is 1. The third kappa shape index (κ3) is 2.22. The SMILES string of the molecule is Cc1cc(N)ccc1C(=O)c1cccc(Cl)c1F.